The summed E-state index contributed by atoms with van der Waals surface area (Å²) in [6.07, 6.45) is 0. The van der Waals surface area contributed by atoms with Gasteiger partial charge in [0.05, 0.1) is 11.1 Å². The van der Waals surface area contributed by atoms with Crippen molar-refractivity contribution in [3.63, 3.8) is 0 Å². The maximum atomic E-state index is 6.07. The minimum absolute atomic E-state index is 0.519. The van der Waals surface area contributed by atoms with Crippen LogP contribution in [0.5, 0.6) is 0 Å². The number of anilines is 1. The zero-order valence-corrected chi connectivity index (χ0v) is 15.2. The molecule has 0 amide bonds. The van der Waals surface area contributed by atoms with Gasteiger partial charge in [0, 0.05) is 23.9 Å². The summed E-state index contributed by atoms with van der Waals surface area (Å²) in [5.41, 5.74) is 3.96. The van der Waals surface area contributed by atoms with Gasteiger partial charge in [-0.1, -0.05) is 40.5 Å². The van der Waals surface area contributed by atoms with Crippen molar-refractivity contribution >= 4 is 28.3 Å². The molecule has 0 spiro atoms. The Labute approximate surface area is 156 Å². The molecule has 2 aromatic heterocycles. The zero-order chi connectivity index (χ0) is 18.1. The van der Waals surface area contributed by atoms with Crippen LogP contribution in [0, 0.1) is 13.8 Å². The molecule has 0 saturated carbocycles. The average Bonchev–Trinajstić information content (AvgIpc) is 3.05. The van der Waals surface area contributed by atoms with Crippen molar-refractivity contribution < 1.29 is 4.52 Å². The molecule has 0 saturated heterocycles. The fraction of sp³-hybridized carbons (Fsp3) is 0.150. The van der Waals surface area contributed by atoms with Gasteiger partial charge in [-0.15, -0.1) is 0 Å². The number of halogens is 1. The van der Waals surface area contributed by atoms with Crippen molar-refractivity contribution in [2.24, 2.45) is 0 Å². The Morgan fingerprint density at radius 2 is 1.92 bits per heavy atom. The van der Waals surface area contributed by atoms with E-state index in [9.17, 15) is 0 Å². The first-order valence-electron chi connectivity index (χ1n) is 8.29. The Hall–Kier alpha value is -2.92. The van der Waals surface area contributed by atoms with Gasteiger partial charge in [0.25, 0.3) is 0 Å². The Morgan fingerprint density at radius 1 is 1.04 bits per heavy atom. The Morgan fingerprint density at radius 3 is 2.69 bits per heavy atom. The van der Waals surface area contributed by atoms with E-state index in [0.29, 0.717) is 29.1 Å². The van der Waals surface area contributed by atoms with Crippen molar-refractivity contribution in [1.29, 1.82) is 0 Å². The summed E-state index contributed by atoms with van der Waals surface area (Å²) < 4.78 is 5.15. The molecular weight excluding hydrogens is 348 g/mol. The first-order valence-corrected chi connectivity index (χ1v) is 8.67. The second-order valence-electron chi connectivity index (χ2n) is 6.20. The van der Waals surface area contributed by atoms with E-state index in [1.807, 2.05) is 42.5 Å². The summed E-state index contributed by atoms with van der Waals surface area (Å²) in [6.45, 7) is 4.42. The fourth-order valence-electron chi connectivity index (χ4n) is 2.84. The molecule has 5 nitrogen and oxygen atoms in total. The summed E-state index contributed by atoms with van der Waals surface area (Å²) >= 11 is 6.07. The van der Waals surface area contributed by atoms with Crippen molar-refractivity contribution in [2.75, 3.05) is 5.32 Å². The minimum atomic E-state index is 0.519. The molecule has 6 heteroatoms. The van der Waals surface area contributed by atoms with Gasteiger partial charge in [0.2, 0.25) is 11.7 Å². The lowest BCUT2D eigenvalue weighted by Crippen LogP contribution is -2.04. The SMILES string of the molecule is Cc1ccc2nc(NCc3cccc(Cl)c3)c(-c3noc(C)n3)cc2c1. The molecule has 4 aromatic rings. The fourth-order valence-corrected chi connectivity index (χ4v) is 3.06. The van der Waals surface area contributed by atoms with Gasteiger partial charge in [-0.25, -0.2) is 4.98 Å². The van der Waals surface area contributed by atoms with Crippen LogP contribution < -0.4 is 5.32 Å². The molecule has 130 valence electrons. The predicted octanol–water partition coefficient (Wildman–Crippen LogP) is 5.17. The Kier molecular flexibility index (Phi) is 4.31. The van der Waals surface area contributed by atoms with Crippen LogP contribution in [0.4, 0.5) is 5.82 Å². The molecule has 0 aliphatic heterocycles. The number of aromatic nitrogens is 3. The first-order chi connectivity index (χ1) is 12.6. The normalized spacial score (nSPS) is 11.0. The largest absolute Gasteiger partial charge is 0.365 e. The highest BCUT2D eigenvalue weighted by Crippen LogP contribution is 2.29. The number of nitrogens with zero attached hydrogens (tertiary/aromatic N) is 3. The Balaban J connectivity index is 1.76. The van der Waals surface area contributed by atoms with Gasteiger partial charge in [-0.2, -0.15) is 4.98 Å². The summed E-state index contributed by atoms with van der Waals surface area (Å²) in [4.78, 5) is 9.13. The van der Waals surface area contributed by atoms with E-state index in [2.05, 4.69) is 28.4 Å². The molecule has 0 aliphatic carbocycles. The number of hydrogen-bond donors (Lipinski definition) is 1. The lowest BCUT2D eigenvalue weighted by molar-refractivity contribution is 0.394. The molecule has 26 heavy (non-hydrogen) atoms. The highest BCUT2D eigenvalue weighted by atomic mass is 35.5. The highest BCUT2D eigenvalue weighted by Gasteiger charge is 2.14. The lowest BCUT2D eigenvalue weighted by atomic mass is 10.1. The molecule has 2 aromatic carbocycles. The summed E-state index contributed by atoms with van der Waals surface area (Å²) in [5.74, 6) is 1.75. The van der Waals surface area contributed by atoms with Crippen LogP contribution >= 0.6 is 11.6 Å². The van der Waals surface area contributed by atoms with Crippen LogP contribution in [0.1, 0.15) is 17.0 Å². The molecule has 0 fully saturated rings. The molecule has 0 radical (unpaired) electrons. The van der Waals surface area contributed by atoms with Crippen LogP contribution in [0.2, 0.25) is 5.02 Å². The van der Waals surface area contributed by atoms with Crippen molar-refractivity contribution in [3.05, 3.63) is 70.6 Å². The van der Waals surface area contributed by atoms with E-state index in [1.54, 1.807) is 6.92 Å². The lowest BCUT2D eigenvalue weighted by Gasteiger charge is -2.11. The van der Waals surface area contributed by atoms with E-state index in [1.165, 1.54) is 5.56 Å². The van der Waals surface area contributed by atoms with Crippen LogP contribution in [0.25, 0.3) is 22.3 Å². The van der Waals surface area contributed by atoms with Gasteiger partial charge in [0.1, 0.15) is 5.82 Å². The summed E-state index contributed by atoms with van der Waals surface area (Å²) in [6, 6.07) is 15.9. The molecule has 1 N–H and O–H groups in total. The maximum Gasteiger partial charge on any atom is 0.223 e. The van der Waals surface area contributed by atoms with E-state index in [-0.39, 0.29) is 0 Å². The standard InChI is InChI=1S/C20H17ClN4O/c1-12-6-7-18-15(8-12)10-17(20-23-13(2)26-25-20)19(24-18)22-11-14-4-3-5-16(21)9-14/h3-10H,11H2,1-2H3,(H,22,24). The summed E-state index contributed by atoms with van der Waals surface area (Å²) in [7, 11) is 0. The van der Waals surface area contributed by atoms with Crippen molar-refractivity contribution in [3.8, 4) is 11.4 Å². The highest BCUT2D eigenvalue weighted by molar-refractivity contribution is 6.30. The van der Waals surface area contributed by atoms with Crippen LogP contribution in [0.15, 0.2) is 53.1 Å². The maximum absolute atomic E-state index is 6.07. The van der Waals surface area contributed by atoms with Gasteiger partial charge in [-0.3, -0.25) is 0 Å². The van der Waals surface area contributed by atoms with Gasteiger partial charge in [-0.05, 0) is 42.8 Å². The van der Waals surface area contributed by atoms with E-state index in [0.717, 1.165) is 22.0 Å². The molecule has 0 atom stereocenters. The van der Waals surface area contributed by atoms with Gasteiger partial charge >= 0.3 is 0 Å². The van der Waals surface area contributed by atoms with Gasteiger partial charge in [0.15, 0.2) is 0 Å². The monoisotopic (exact) mass is 364 g/mol. The quantitative estimate of drug-likeness (QED) is 0.541. The van der Waals surface area contributed by atoms with Crippen LogP contribution in [-0.2, 0) is 6.54 Å². The third-order valence-corrected chi connectivity index (χ3v) is 4.32. The second-order valence-corrected chi connectivity index (χ2v) is 6.64. The smallest absolute Gasteiger partial charge is 0.223 e. The number of fused-ring (bicyclic) bond motifs is 1. The Bertz CT molecular complexity index is 1090. The molecule has 4 rings (SSSR count). The number of pyridine rings is 1. The third-order valence-electron chi connectivity index (χ3n) is 4.09. The number of hydrogen-bond acceptors (Lipinski definition) is 5. The van der Waals surface area contributed by atoms with Crippen molar-refractivity contribution in [1.82, 2.24) is 15.1 Å². The van der Waals surface area contributed by atoms with E-state index in [4.69, 9.17) is 21.1 Å². The third kappa shape index (κ3) is 3.39. The average molecular weight is 365 g/mol. The molecule has 0 bridgehead atoms. The topological polar surface area (TPSA) is 63.8 Å². The van der Waals surface area contributed by atoms with Crippen molar-refractivity contribution in [2.45, 2.75) is 20.4 Å². The number of rotatable bonds is 4. The van der Waals surface area contributed by atoms with Crippen LogP contribution in [0.3, 0.4) is 0 Å². The minimum Gasteiger partial charge on any atom is -0.365 e. The van der Waals surface area contributed by atoms with E-state index < -0.39 is 0 Å². The second kappa shape index (κ2) is 6.77. The van der Waals surface area contributed by atoms with Crippen LogP contribution in [-0.4, -0.2) is 15.1 Å². The first kappa shape index (κ1) is 16.5. The number of nitrogens with one attached hydrogen (secondary N) is 1. The molecule has 2 heterocycles. The van der Waals surface area contributed by atoms with E-state index >= 15 is 0 Å². The van der Waals surface area contributed by atoms with Gasteiger partial charge < -0.3 is 9.84 Å². The predicted molar refractivity (Wildman–Crippen MR) is 103 cm³/mol. The zero-order valence-electron chi connectivity index (χ0n) is 14.5. The molecule has 0 aliphatic rings. The molecule has 0 unspecified atom stereocenters. The molecular formula is C20H17ClN4O. The number of benzene rings is 2. The summed E-state index contributed by atoms with van der Waals surface area (Å²) in [5, 5.41) is 9.18. The number of aryl methyl sites for hydroxylation is 2.